The van der Waals surface area contributed by atoms with Crippen molar-refractivity contribution in [1.29, 1.82) is 0 Å². The van der Waals surface area contributed by atoms with Crippen molar-refractivity contribution in [2.75, 3.05) is 44.2 Å². The number of anilines is 1. The topological polar surface area (TPSA) is 61.7 Å². The zero-order chi connectivity index (χ0) is 14.6. The number of rotatable bonds is 4. The Labute approximate surface area is 120 Å². The molecule has 0 atom stereocenters. The first-order chi connectivity index (χ1) is 9.48. The van der Waals surface area contributed by atoms with Crippen LogP contribution in [0.5, 0.6) is 5.75 Å². The second kappa shape index (κ2) is 6.37. The van der Waals surface area contributed by atoms with Crippen LogP contribution in [0.1, 0.15) is 20.8 Å². The summed E-state index contributed by atoms with van der Waals surface area (Å²) in [6, 6.07) is 0. The molecule has 0 aromatic carbocycles. The zero-order valence-corrected chi connectivity index (χ0v) is 12.5. The third-order valence-electron chi connectivity index (χ3n) is 3.11. The molecule has 20 heavy (non-hydrogen) atoms. The molecular formula is C14H24N4O2. The molecule has 1 aromatic heterocycles. The summed E-state index contributed by atoms with van der Waals surface area (Å²) in [5.41, 5.74) is -0.235. The zero-order valence-electron chi connectivity index (χ0n) is 12.5. The first kappa shape index (κ1) is 15.0. The highest BCUT2D eigenvalue weighted by molar-refractivity contribution is 5.32. The molecule has 6 heteroatoms. The van der Waals surface area contributed by atoms with Gasteiger partial charge in [-0.3, -0.25) is 4.90 Å². The third kappa shape index (κ3) is 4.31. The van der Waals surface area contributed by atoms with Gasteiger partial charge in [0.05, 0.1) is 19.0 Å². The minimum atomic E-state index is -0.235. The molecule has 0 spiro atoms. The number of ether oxygens (including phenoxy) is 1. The molecule has 6 nitrogen and oxygen atoms in total. The summed E-state index contributed by atoms with van der Waals surface area (Å²) >= 11 is 0. The van der Waals surface area contributed by atoms with E-state index in [1.165, 1.54) is 0 Å². The number of aliphatic hydroxyl groups excluding tert-OH is 1. The number of hydrogen-bond donors (Lipinski definition) is 1. The molecule has 2 rings (SSSR count). The summed E-state index contributed by atoms with van der Waals surface area (Å²) in [7, 11) is 0. The lowest BCUT2D eigenvalue weighted by Gasteiger charge is -2.34. The van der Waals surface area contributed by atoms with Gasteiger partial charge in [-0.15, -0.1) is 0 Å². The Morgan fingerprint density at radius 1 is 1.15 bits per heavy atom. The van der Waals surface area contributed by atoms with Crippen molar-refractivity contribution in [3.05, 3.63) is 12.4 Å². The molecule has 0 saturated carbocycles. The largest absolute Gasteiger partial charge is 0.485 e. The van der Waals surface area contributed by atoms with E-state index in [2.05, 4.69) is 19.8 Å². The van der Waals surface area contributed by atoms with Crippen molar-refractivity contribution in [3.8, 4) is 5.75 Å². The predicted octanol–water partition coefficient (Wildman–Crippen LogP) is 0.768. The first-order valence-corrected chi connectivity index (χ1v) is 7.07. The lowest BCUT2D eigenvalue weighted by Crippen LogP contribution is -2.47. The highest BCUT2D eigenvalue weighted by atomic mass is 16.5. The SMILES string of the molecule is CC(C)(C)Oc1cnc(N2CCN(CCO)CC2)nc1. The molecule has 2 heterocycles. The van der Waals surface area contributed by atoms with E-state index in [0.717, 1.165) is 38.7 Å². The Balaban J connectivity index is 1.91. The minimum absolute atomic E-state index is 0.218. The van der Waals surface area contributed by atoms with Crippen molar-refractivity contribution in [2.24, 2.45) is 0 Å². The molecule has 0 unspecified atom stereocenters. The van der Waals surface area contributed by atoms with Crippen molar-refractivity contribution in [3.63, 3.8) is 0 Å². The van der Waals surface area contributed by atoms with E-state index in [4.69, 9.17) is 9.84 Å². The maximum atomic E-state index is 8.93. The molecule has 1 aliphatic heterocycles. The predicted molar refractivity (Wildman–Crippen MR) is 78.2 cm³/mol. The fourth-order valence-electron chi connectivity index (χ4n) is 2.19. The van der Waals surface area contributed by atoms with Gasteiger partial charge in [0.2, 0.25) is 5.95 Å². The van der Waals surface area contributed by atoms with Gasteiger partial charge in [-0.05, 0) is 20.8 Å². The monoisotopic (exact) mass is 280 g/mol. The van der Waals surface area contributed by atoms with E-state index >= 15 is 0 Å². The molecule has 1 fully saturated rings. The van der Waals surface area contributed by atoms with Crippen LogP contribution in [-0.2, 0) is 0 Å². The Hall–Kier alpha value is -1.40. The van der Waals surface area contributed by atoms with Crippen molar-refractivity contribution >= 4 is 5.95 Å². The van der Waals surface area contributed by atoms with Gasteiger partial charge in [0.15, 0.2) is 5.75 Å². The van der Waals surface area contributed by atoms with Gasteiger partial charge in [0, 0.05) is 32.7 Å². The van der Waals surface area contributed by atoms with Crippen LogP contribution in [0.25, 0.3) is 0 Å². The molecule has 0 radical (unpaired) electrons. The van der Waals surface area contributed by atoms with E-state index in [1.807, 2.05) is 20.8 Å². The summed E-state index contributed by atoms with van der Waals surface area (Å²) in [6.07, 6.45) is 3.46. The van der Waals surface area contributed by atoms with Crippen LogP contribution in [0.15, 0.2) is 12.4 Å². The fraction of sp³-hybridized carbons (Fsp3) is 0.714. The van der Waals surface area contributed by atoms with Gasteiger partial charge in [-0.25, -0.2) is 9.97 Å². The molecule has 0 aliphatic carbocycles. The second-order valence-corrected chi connectivity index (χ2v) is 5.99. The summed E-state index contributed by atoms with van der Waals surface area (Å²) in [5.74, 6) is 1.44. The Kier molecular flexibility index (Phi) is 4.77. The Morgan fingerprint density at radius 3 is 2.25 bits per heavy atom. The van der Waals surface area contributed by atoms with Crippen LogP contribution in [0.3, 0.4) is 0 Å². The van der Waals surface area contributed by atoms with E-state index in [9.17, 15) is 0 Å². The molecule has 1 N–H and O–H groups in total. The number of aromatic nitrogens is 2. The fourth-order valence-corrected chi connectivity index (χ4v) is 2.19. The van der Waals surface area contributed by atoms with Crippen LogP contribution < -0.4 is 9.64 Å². The van der Waals surface area contributed by atoms with Gasteiger partial charge in [-0.1, -0.05) is 0 Å². The Morgan fingerprint density at radius 2 is 1.75 bits per heavy atom. The molecule has 0 bridgehead atoms. The average molecular weight is 280 g/mol. The van der Waals surface area contributed by atoms with Crippen molar-refractivity contribution < 1.29 is 9.84 Å². The van der Waals surface area contributed by atoms with E-state index in [0.29, 0.717) is 5.75 Å². The molecule has 1 saturated heterocycles. The number of aliphatic hydroxyl groups is 1. The summed E-state index contributed by atoms with van der Waals surface area (Å²) in [4.78, 5) is 13.2. The van der Waals surface area contributed by atoms with Crippen LogP contribution in [-0.4, -0.2) is 64.9 Å². The Bertz CT molecular complexity index is 408. The highest BCUT2D eigenvalue weighted by Crippen LogP contribution is 2.18. The normalized spacial score (nSPS) is 17.3. The van der Waals surface area contributed by atoms with Crippen LogP contribution in [0.4, 0.5) is 5.95 Å². The van der Waals surface area contributed by atoms with E-state index in [-0.39, 0.29) is 12.2 Å². The quantitative estimate of drug-likeness (QED) is 0.879. The maximum absolute atomic E-state index is 8.93. The smallest absolute Gasteiger partial charge is 0.225 e. The number of β-amino-alcohol motifs (C(OH)–C–C–N with tert-alkyl or cyclic N) is 1. The van der Waals surface area contributed by atoms with Crippen LogP contribution in [0.2, 0.25) is 0 Å². The van der Waals surface area contributed by atoms with Gasteiger partial charge in [0.25, 0.3) is 0 Å². The van der Waals surface area contributed by atoms with E-state index in [1.54, 1.807) is 12.4 Å². The lowest BCUT2D eigenvalue weighted by atomic mass is 10.2. The van der Waals surface area contributed by atoms with Gasteiger partial charge < -0.3 is 14.7 Å². The molecule has 1 aliphatic rings. The van der Waals surface area contributed by atoms with Crippen LogP contribution >= 0.6 is 0 Å². The minimum Gasteiger partial charge on any atom is -0.485 e. The number of nitrogens with zero attached hydrogens (tertiary/aromatic N) is 4. The first-order valence-electron chi connectivity index (χ1n) is 7.07. The van der Waals surface area contributed by atoms with Crippen molar-refractivity contribution in [2.45, 2.75) is 26.4 Å². The van der Waals surface area contributed by atoms with Gasteiger partial charge in [0.1, 0.15) is 5.60 Å². The second-order valence-electron chi connectivity index (χ2n) is 5.99. The third-order valence-corrected chi connectivity index (χ3v) is 3.11. The number of hydrogen-bond acceptors (Lipinski definition) is 6. The lowest BCUT2D eigenvalue weighted by molar-refractivity contribution is 0.129. The summed E-state index contributed by atoms with van der Waals surface area (Å²) in [6.45, 7) is 10.6. The van der Waals surface area contributed by atoms with Crippen molar-refractivity contribution in [1.82, 2.24) is 14.9 Å². The highest BCUT2D eigenvalue weighted by Gasteiger charge is 2.19. The summed E-state index contributed by atoms with van der Waals surface area (Å²) in [5, 5.41) is 8.93. The average Bonchev–Trinajstić information content (AvgIpc) is 2.39. The maximum Gasteiger partial charge on any atom is 0.225 e. The van der Waals surface area contributed by atoms with Crippen LogP contribution in [0, 0.1) is 0 Å². The molecular weight excluding hydrogens is 256 g/mol. The van der Waals surface area contributed by atoms with E-state index < -0.39 is 0 Å². The standard InChI is InChI=1S/C14H24N4O2/c1-14(2,3)20-12-10-15-13(16-11-12)18-6-4-17(5-7-18)8-9-19/h10-11,19H,4-9H2,1-3H3. The van der Waals surface area contributed by atoms with Gasteiger partial charge in [-0.2, -0.15) is 0 Å². The number of piperazine rings is 1. The summed E-state index contributed by atoms with van der Waals surface area (Å²) < 4.78 is 5.71. The molecule has 1 aromatic rings. The molecule has 0 amide bonds. The molecule has 112 valence electrons. The van der Waals surface area contributed by atoms with Gasteiger partial charge >= 0.3 is 0 Å².